The maximum absolute atomic E-state index is 11.3. The summed E-state index contributed by atoms with van der Waals surface area (Å²) in [5.74, 6) is -0.0117. The molecule has 72 valence electrons. The van der Waals surface area contributed by atoms with Crippen molar-refractivity contribution in [3.05, 3.63) is 0 Å². The Labute approximate surface area is 86.6 Å². The normalized spacial score (nSPS) is 29.3. The predicted octanol–water partition coefficient (Wildman–Crippen LogP) is 1.58. The molecule has 3 nitrogen and oxygen atoms in total. The molecule has 4 heteroatoms. The zero-order valence-electron chi connectivity index (χ0n) is 7.59. The van der Waals surface area contributed by atoms with Crippen LogP contribution in [0.15, 0.2) is 0 Å². The lowest BCUT2D eigenvalue weighted by atomic mass is 10.1. The van der Waals surface area contributed by atoms with Gasteiger partial charge in [0.1, 0.15) is 0 Å². The van der Waals surface area contributed by atoms with Crippen molar-refractivity contribution in [1.82, 2.24) is 5.32 Å². The summed E-state index contributed by atoms with van der Waals surface area (Å²) in [6, 6.07) is 2.30. The van der Waals surface area contributed by atoms with Crippen molar-refractivity contribution in [3.63, 3.8) is 0 Å². The van der Waals surface area contributed by atoms with Gasteiger partial charge in [0.25, 0.3) is 0 Å². The van der Waals surface area contributed by atoms with Crippen molar-refractivity contribution in [1.29, 1.82) is 5.26 Å². The molecule has 0 saturated heterocycles. The molecule has 1 amide bonds. The standard InChI is InChI=1S/C9H13BrN2O/c1-6(10)9(13)12-8-4-2-3-7(8)5-11/h6-8H,2-4H2,1H3,(H,12,13). The van der Waals surface area contributed by atoms with Gasteiger partial charge in [-0.15, -0.1) is 0 Å². The molecule has 1 fully saturated rings. The summed E-state index contributed by atoms with van der Waals surface area (Å²) in [7, 11) is 0. The number of halogens is 1. The molecule has 0 bridgehead atoms. The highest BCUT2D eigenvalue weighted by atomic mass is 79.9. The van der Waals surface area contributed by atoms with Crippen molar-refractivity contribution in [2.45, 2.75) is 37.1 Å². The van der Waals surface area contributed by atoms with E-state index in [-0.39, 0.29) is 22.7 Å². The average Bonchev–Trinajstić information content (AvgIpc) is 2.51. The first kappa shape index (κ1) is 10.5. The van der Waals surface area contributed by atoms with Crippen LogP contribution in [0.2, 0.25) is 0 Å². The summed E-state index contributed by atoms with van der Waals surface area (Å²) >= 11 is 3.19. The first-order valence-corrected chi connectivity index (χ1v) is 5.40. The van der Waals surface area contributed by atoms with Gasteiger partial charge in [0.05, 0.1) is 16.8 Å². The third-order valence-electron chi connectivity index (χ3n) is 2.37. The lowest BCUT2D eigenvalue weighted by Gasteiger charge is -2.16. The Hall–Kier alpha value is -0.560. The van der Waals surface area contributed by atoms with E-state index in [0.29, 0.717) is 0 Å². The smallest absolute Gasteiger partial charge is 0.233 e. The van der Waals surface area contributed by atoms with E-state index >= 15 is 0 Å². The predicted molar refractivity (Wildman–Crippen MR) is 53.3 cm³/mol. The fraction of sp³-hybridized carbons (Fsp3) is 0.778. The van der Waals surface area contributed by atoms with Crippen molar-refractivity contribution < 1.29 is 4.79 Å². The van der Waals surface area contributed by atoms with E-state index in [0.717, 1.165) is 19.3 Å². The quantitative estimate of drug-likeness (QED) is 0.751. The number of nitriles is 1. The lowest BCUT2D eigenvalue weighted by molar-refractivity contribution is -0.121. The molecule has 3 atom stereocenters. The molecule has 3 unspecified atom stereocenters. The number of amides is 1. The SMILES string of the molecule is CC(Br)C(=O)NC1CCCC1C#N. The van der Waals surface area contributed by atoms with Gasteiger partial charge in [-0.2, -0.15) is 5.26 Å². The monoisotopic (exact) mass is 244 g/mol. The van der Waals surface area contributed by atoms with Gasteiger partial charge in [-0.3, -0.25) is 4.79 Å². The Morgan fingerprint density at radius 2 is 2.38 bits per heavy atom. The third kappa shape index (κ3) is 2.70. The highest BCUT2D eigenvalue weighted by Gasteiger charge is 2.28. The Morgan fingerprint density at radius 1 is 1.69 bits per heavy atom. The highest BCUT2D eigenvalue weighted by Crippen LogP contribution is 2.24. The van der Waals surface area contributed by atoms with Crippen LogP contribution in [0.4, 0.5) is 0 Å². The number of hydrogen-bond acceptors (Lipinski definition) is 2. The minimum atomic E-state index is -0.174. The molecule has 0 aromatic rings. The lowest BCUT2D eigenvalue weighted by Crippen LogP contribution is -2.40. The second kappa shape index (κ2) is 4.61. The molecule has 1 rings (SSSR count). The van der Waals surface area contributed by atoms with Crippen molar-refractivity contribution in [2.75, 3.05) is 0 Å². The van der Waals surface area contributed by atoms with E-state index in [1.165, 1.54) is 0 Å². The topological polar surface area (TPSA) is 52.9 Å². The average molecular weight is 245 g/mol. The van der Waals surface area contributed by atoms with Crippen LogP contribution in [0.3, 0.4) is 0 Å². The minimum absolute atomic E-state index is 0.00944. The zero-order chi connectivity index (χ0) is 9.84. The van der Waals surface area contributed by atoms with E-state index in [1.54, 1.807) is 6.92 Å². The summed E-state index contributed by atoms with van der Waals surface area (Å²) in [5, 5.41) is 11.6. The van der Waals surface area contributed by atoms with Crippen LogP contribution < -0.4 is 5.32 Å². The van der Waals surface area contributed by atoms with Gasteiger partial charge in [-0.1, -0.05) is 15.9 Å². The number of rotatable bonds is 2. The maximum atomic E-state index is 11.3. The second-order valence-electron chi connectivity index (χ2n) is 3.40. The van der Waals surface area contributed by atoms with Crippen molar-refractivity contribution >= 4 is 21.8 Å². The van der Waals surface area contributed by atoms with Crippen LogP contribution in [0.5, 0.6) is 0 Å². The first-order valence-electron chi connectivity index (χ1n) is 4.49. The molecule has 0 aromatic heterocycles. The molecule has 1 aliphatic carbocycles. The number of nitrogens with zero attached hydrogens (tertiary/aromatic N) is 1. The second-order valence-corrected chi connectivity index (χ2v) is 4.77. The molecule has 0 heterocycles. The summed E-state index contributed by atoms with van der Waals surface area (Å²) in [4.78, 5) is 11.1. The van der Waals surface area contributed by atoms with Crippen LogP contribution in [-0.2, 0) is 4.79 Å². The van der Waals surface area contributed by atoms with Crippen molar-refractivity contribution in [3.8, 4) is 6.07 Å². The fourth-order valence-corrected chi connectivity index (χ4v) is 1.72. The van der Waals surface area contributed by atoms with Gasteiger partial charge in [0.2, 0.25) is 5.91 Å². The van der Waals surface area contributed by atoms with Gasteiger partial charge < -0.3 is 5.32 Å². The van der Waals surface area contributed by atoms with E-state index in [9.17, 15) is 4.79 Å². The molecule has 1 saturated carbocycles. The van der Waals surface area contributed by atoms with Crippen LogP contribution in [-0.4, -0.2) is 16.8 Å². The van der Waals surface area contributed by atoms with E-state index < -0.39 is 0 Å². The van der Waals surface area contributed by atoms with E-state index in [1.807, 2.05) is 0 Å². The van der Waals surface area contributed by atoms with Gasteiger partial charge in [-0.05, 0) is 26.2 Å². The Morgan fingerprint density at radius 3 is 2.92 bits per heavy atom. The molecule has 0 aliphatic heterocycles. The van der Waals surface area contributed by atoms with Gasteiger partial charge >= 0.3 is 0 Å². The number of nitrogens with one attached hydrogen (secondary N) is 1. The van der Waals surface area contributed by atoms with Gasteiger partial charge in [-0.25, -0.2) is 0 Å². The molecular weight excluding hydrogens is 232 g/mol. The van der Waals surface area contributed by atoms with Crippen LogP contribution >= 0.6 is 15.9 Å². The molecule has 0 aromatic carbocycles. The molecular formula is C9H13BrN2O. The highest BCUT2D eigenvalue weighted by molar-refractivity contribution is 9.10. The van der Waals surface area contributed by atoms with E-state index in [2.05, 4.69) is 27.3 Å². The molecule has 1 aliphatic rings. The minimum Gasteiger partial charge on any atom is -0.351 e. The largest absolute Gasteiger partial charge is 0.351 e. The van der Waals surface area contributed by atoms with Crippen LogP contribution in [0.25, 0.3) is 0 Å². The third-order valence-corrected chi connectivity index (χ3v) is 2.79. The summed E-state index contributed by atoms with van der Waals surface area (Å²) in [6.07, 6.45) is 2.89. The molecule has 1 N–H and O–H groups in total. The molecule has 0 radical (unpaired) electrons. The van der Waals surface area contributed by atoms with Crippen molar-refractivity contribution in [2.24, 2.45) is 5.92 Å². The summed E-state index contributed by atoms with van der Waals surface area (Å²) < 4.78 is 0. The number of carbonyl (C=O) groups excluding carboxylic acids is 1. The Balaban J connectivity index is 2.45. The fourth-order valence-electron chi connectivity index (χ4n) is 1.58. The van der Waals surface area contributed by atoms with Gasteiger partial charge in [0, 0.05) is 6.04 Å². The summed E-state index contributed by atoms with van der Waals surface area (Å²) in [6.45, 7) is 1.78. The number of hydrogen-bond donors (Lipinski definition) is 1. The van der Waals surface area contributed by atoms with Crippen LogP contribution in [0, 0.1) is 17.2 Å². The Kier molecular flexibility index (Phi) is 3.73. The Bertz CT molecular complexity index is 234. The molecule has 13 heavy (non-hydrogen) atoms. The van der Waals surface area contributed by atoms with Crippen LogP contribution in [0.1, 0.15) is 26.2 Å². The summed E-state index contributed by atoms with van der Waals surface area (Å²) in [5.41, 5.74) is 0. The number of alkyl halides is 1. The van der Waals surface area contributed by atoms with E-state index in [4.69, 9.17) is 5.26 Å². The number of carbonyl (C=O) groups is 1. The maximum Gasteiger partial charge on any atom is 0.233 e. The first-order chi connectivity index (χ1) is 6.15. The van der Waals surface area contributed by atoms with Gasteiger partial charge in [0.15, 0.2) is 0 Å². The zero-order valence-corrected chi connectivity index (χ0v) is 9.17. The molecule has 0 spiro atoms.